The van der Waals surface area contributed by atoms with Gasteiger partial charge in [-0.3, -0.25) is 9.97 Å². The van der Waals surface area contributed by atoms with Gasteiger partial charge in [0.05, 0.1) is 11.0 Å². The molecule has 0 spiro atoms. The fourth-order valence-corrected chi connectivity index (χ4v) is 10.3. The van der Waals surface area contributed by atoms with E-state index >= 15 is 0 Å². The first-order chi connectivity index (χ1) is 29.8. The van der Waals surface area contributed by atoms with Crippen molar-refractivity contribution in [2.45, 2.75) is 0 Å². The lowest BCUT2D eigenvalue weighted by molar-refractivity contribution is 1.37. The van der Waals surface area contributed by atoms with Crippen LogP contribution in [0.1, 0.15) is 0 Å². The van der Waals surface area contributed by atoms with E-state index in [0.29, 0.717) is 0 Å². The Morgan fingerprint density at radius 1 is 0.250 bits per heavy atom. The SMILES string of the molecule is c1cnc2c(c1)cc(-c1c3ccccc3c(-c3ccc(-c4ccc5c(c4)c4ccccc4c4cccc6ccc7cccc5c7c64)cc3)c3ccccc13)c1cccnc12. The second-order valence-corrected chi connectivity index (χ2v) is 16.0. The molecule has 0 saturated heterocycles. The van der Waals surface area contributed by atoms with Crippen LogP contribution in [0.25, 0.3) is 131 Å². The summed E-state index contributed by atoms with van der Waals surface area (Å²) in [7, 11) is 0. The maximum atomic E-state index is 4.86. The van der Waals surface area contributed by atoms with Gasteiger partial charge in [0.25, 0.3) is 0 Å². The molecule has 2 heteroatoms. The van der Waals surface area contributed by atoms with Gasteiger partial charge in [-0.2, -0.15) is 0 Å². The first-order valence-electron chi connectivity index (χ1n) is 20.6. The van der Waals surface area contributed by atoms with Crippen LogP contribution in [0.5, 0.6) is 0 Å². The first-order valence-corrected chi connectivity index (χ1v) is 20.6. The lowest BCUT2D eigenvalue weighted by Gasteiger charge is -2.19. The minimum absolute atomic E-state index is 0.925. The Bertz CT molecular complexity index is 3880. The van der Waals surface area contributed by atoms with E-state index in [1.807, 2.05) is 24.5 Å². The van der Waals surface area contributed by atoms with Gasteiger partial charge in [0, 0.05) is 23.2 Å². The predicted octanol–water partition coefficient (Wildman–Crippen LogP) is 15.9. The summed E-state index contributed by atoms with van der Waals surface area (Å²) in [5, 5.41) is 19.9. The molecule has 0 atom stereocenters. The van der Waals surface area contributed by atoms with Gasteiger partial charge in [-0.1, -0.05) is 170 Å². The van der Waals surface area contributed by atoms with E-state index in [2.05, 4.69) is 182 Å². The van der Waals surface area contributed by atoms with Gasteiger partial charge >= 0.3 is 0 Å². The third-order valence-corrected chi connectivity index (χ3v) is 12.9. The van der Waals surface area contributed by atoms with Gasteiger partial charge in [0.2, 0.25) is 0 Å². The standard InChI is InChI=1S/C58H34N2/c1-2-15-42-41(14-1)44-20-7-11-36-27-28-37-12-8-21-45(55(37)54(36)44)43-30-29-39(33-51(42)43)35-23-25-38(26-24-35)53-46-16-3-5-18-48(46)56(49-19-6-4-17-47(49)53)52-34-40-13-9-31-59-57(40)58-50(52)22-10-32-60-58/h1-34H. The van der Waals surface area contributed by atoms with Crippen LogP contribution in [0.15, 0.2) is 207 Å². The summed E-state index contributed by atoms with van der Waals surface area (Å²) in [6.45, 7) is 0. The second kappa shape index (κ2) is 12.8. The molecule has 0 aliphatic carbocycles. The Morgan fingerprint density at radius 3 is 1.37 bits per heavy atom. The Hall–Kier alpha value is -7.94. The third kappa shape index (κ3) is 4.76. The molecule has 60 heavy (non-hydrogen) atoms. The highest BCUT2D eigenvalue weighted by molar-refractivity contribution is 6.33. The Labute approximate surface area is 345 Å². The Balaban J connectivity index is 1.02. The molecule has 0 aliphatic rings. The smallest absolute Gasteiger partial charge is 0.0970 e. The summed E-state index contributed by atoms with van der Waals surface area (Å²) in [5.74, 6) is 0. The molecule has 0 amide bonds. The Morgan fingerprint density at radius 2 is 0.717 bits per heavy atom. The van der Waals surface area contributed by atoms with Crippen molar-refractivity contribution in [1.29, 1.82) is 0 Å². The van der Waals surface area contributed by atoms with Crippen LogP contribution in [0.4, 0.5) is 0 Å². The molecular formula is C58H34N2. The molecule has 0 unspecified atom stereocenters. The fraction of sp³-hybridized carbons (Fsp3) is 0. The topological polar surface area (TPSA) is 25.8 Å². The molecule has 0 N–H and O–H groups in total. The highest BCUT2D eigenvalue weighted by Crippen LogP contribution is 2.47. The van der Waals surface area contributed by atoms with E-state index in [4.69, 9.17) is 9.97 Å². The number of rotatable bonds is 3. The molecule has 13 aromatic rings. The van der Waals surface area contributed by atoms with Crippen LogP contribution in [0.2, 0.25) is 0 Å². The van der Waals surface area contributed by atoms with Crippen molar-refractivity contribution in [3.63, 3.8) is 0 Å². The van der Waals surface area contributed by atoms with Crippen molar-refractivity contribution < 1.29 is 0 Å². The number of benzene rings is 10. The zero-order valence-electron chi connectivity index (χ0n) is 32.5. The molecule has 13 rings (SSSR count). The quantitative estimate of drug-likeness (QED) is 0.132. The van der Waals surface area contributed by atoms with Gasteiger partial charge in [0.1, 0.15) is 0 Å². The van der Waals surface area contributed by atoms with E-state index in [9.17, 15) is 0 Å². The summed E-state index contributed by atoms with van der Waals surface area (Å²) < 4.78 is 0. The zero-order chi connectivity index (χ0) is 39.3. The number of fused-ring (bicyclic) bond motifs is 10. The lowest BCUT2D eigenvalue weighted by Crippen LogP contribution is -1.93. The first kappa shape index (κ1) is 33.1. The molecule has 2 nitrogen and oxygen atoms in total. The van der Waals surface area contributed by atoms with E-state index in [1.165, 1.54) is 109 Å². The number of nitrogens with zero attached hydrogens (tertiary/aromatic N) is 2. The monoisotopic (exact) mass is 758 g/mol. The maximum Gasteiger partial charge on any atom is 0.0970 e. The number of pyridine rings is 2. The summed E-state index contributed by atoms with van der Waals surface area (Å²) in [4.78, 5) is 9.61. The molecule has 0 fully saturated rings. The molecular weight excluding hydrogens is 725 g/mol. The number of hydrogen-bond acceptors (Lipinski definition) is 2. The molecule has 0 aliphatic heterocycles. The highest BCUT2D eigenvalue weighted by atomic mass is 14.7. The van der Waals surface area contributed by atoms with Crippen molar-refractivity contribution in [1.82, 2.24) is 9.97 Å². The molecule has 0 saturated carbocycles. The maximum absolute atomic E-state index is 4.86. The van der Waals surface area contributed by atoms with Crippen molar-refractivity contribution in [2.75, 3.05) is 0 Å². The minimum Gasteiger partial charge on any atom is -0.254 e. The number of hydrogen-bond donors (Lipinski definition) is 0. The summed E-state index contributed by atoms with van der Waals surface area (Å²) in [6.07, 6.45) is 3.72. The van der Waals surface area contributed by atoms with Gasteiger partial charge in [-0.15, -0.1) is 0 Å². The molecule has 11 aromatic carbocycles. The van der Waals surface area contributed by atoms with Crippen LogP contribution in [0, 0.1) is 0 Å². The van der Waals surface area contributed by atoms with Crippen LogP contribution >= 0.6 is 0 Å². The average Bonchev–Trinajstić information content (AvgIpc) is 3.32. The molecule has 2 heterocycles. The largest absolute Gasteiger partial charge is 0.254 e. The molecule has 276 valence electrons. The fourth-order valence-electron chi connectivity index (χ4n) is 10.3. The normalized spacial score (nSPS) is 12.0. The van der Waals surface area contributed by atoms with Crippen LogP contribution in [-0.4, -0.2) is 9.97 Å². The summed E-state index contributed by atoms with van der Waals surface area (Å²) in [6, 6.07) is 71.7. The predicted molar refractivity (Wildman–Crippen MR) is 256 cm³/mol. The molecule has 2 aromatic heterocycles. The summed E-state index contributed by atoms with van der Waals surface area (Å²) in [5.41, 5.74) is 9.08. The van der Waals surface area contributed by atoms with Crippen molar-refractivity contribution in [3.05, 3.63) is 207 Å². The zero-order valence-corrected chi connectivity index (χ0v) is 32.5. The van der Waals surface area contributed by atoms with Crippen molar-refractivity contribution >= 4 is 97.2 Å². The lowest BCUT2D eigenvalue weighted by atomic mass is 9.84. The van der Waals surface area contributed by atoms with Crippen LogP contribution < -0.4 is 0 Å². The minimum atomic E-state index is 0.925. The highest BCUT2D eigenvalue weighted by Gasteiger charge is 2.20. The molecule has 0 radical (unpaired) electrons. The summed E-state index contributed by atoms with van der Waals surface area (Å²) >= 11 is 0. The van der Waals surface area contributed by atoms with E-state index in [0.717, 1.165) is 21.8 Å². The van der Waals surface area contributed by atoms with Gasteiger partial charge < -0.3 is 0 Å². The van der Waals surface area contributed by atoms with Gasteiger partial charge in [-0.25, -0.2) is 0 Å². The van der Waals surface area contributed by atoms with Crippen molar-refractivity contribution in [2.24, 2.45) is 0 Å². The van der Waals surface area contributed by atoms with Gasteiger partial charge in [0.15, 0.2) is 0 Å². The Kier molecular flexibility index (Phi) is 7.05. The van der Waals surface area contributed by atoms with Crippen molar-refractivity contribution in [3.8, 4) is 33.4 Å². The third-order valence-electron chi connectivity index (χ3n) is 12.9. The second-order valence-electron chi connectivity index (χ2n) is 16.0. The average molecular weight is 759 g/mol. The van der Waals surface area contributed by atoms with Crippen LogP contribution in [0.3, 0.4) is 0 Å². The van der Waals surface area contributed by atoms with E-state index in [1.54, 1.807) is 0 Å². The van der Waals surface area contributed by atoms with E-state index in [-0.39, 0.29) is 0 Å². The molecule has 0 bridgehead atoms. The van der Waals surface area contributed by atoms with Crippen LogP contribution in [-0.2, 0) is 0 Å². The number of aromatic nitrogens is 2. The van der Waals surface area contributed by atoms with Gasteiger partial charge in [-0.05, 0) is 133 Å². The van der Waals surface area contributed by atoms with E-state index < -0.39 is 0 Å².